The third-order valence-corrected chi connectivity index (χ3v) is 4.92. The van der Waals surface area contributed by atoms with Crippen LogP contribution in [-0.4, -0.2) is 29.7 Å². The highest BCUT2D eigenvalue weighted by Gasteiger charge is 2.09. The van der Waals surface area contributed by atoms with Gasteiger partial charge in [0.15, 0.2) is 0 Å². The summed E-state index contributed by atoms with van der Waals surface area (Å²) in [5.41, 5.74) is 3.61. The molecule has 6 nitrogen and oxygen atoms in total. The third-order valence-electron chi connectivity index (χ3n) is 4.92. The first-order chi connectivity index (χ1) is 15.0. The Balaban J connectivity index is 1.62. The predicted octanol–water partition coefficient (Wildman–Crippen LogP) is 4.94. The molecule has 0 aliphatic heterocycles. The van der Waals surface area contributed by atoms with Crippen molar-refractivity contribution in [1.29, 1.82) is 0 Å². The molecule has 3 rings (SSSR count). The number of anilines is 1. The second kappa shape index (κ2) is 10.5. The van der Waals surface area contributed by atoms with Gasteiger partial charge in [0.1, 0.15) is 5.75 Å². The van der Waals surface area contributed by atoms with Crippen LogP contribution in [0.4, 0.5) is 5.69 Å². The normalized spacial score (nSPS) is 11.4. The summed E-state index contributed by atoms with van der Waals surface area (Å²) in [5.74, 6) is 0.103. The number of esters is 1. The Morgan fingerprint density at radius 1 is 1.13 bits per heavy atom. The molecule has 1 N–H and O–H groups in total. The van der Waals surface area contributed by atoms with Crippen molar-refractivity contribution in [2.75, 3.05) is 18.5 Å². The first-order valence-electron chi connectivity index (χ1n) is 10.4. The van der Waals surface area contributed by atoms with Gasteiger partial charge in [0.05, 0.1) is 18.9 Å². The molecule has 0 fully saturated rings. The molecule has 162 valence electrons. The fourth-order valence-electron chi connectivity index (χ4n) is 3.30. The molecule has 0 unspecified atom stereocenters. The molecule has 0 aliphatic carbocycles. The van der Waals surface area contributed by atoms with Crippen molar-refractivity contribution >= 4 is 34.0 Å². The van der Waals surface area contributed by atoms with Crippen LogP contribution in [0.15, 0.2) is 60.8 Å². The number of carbonyl (C=O) groups is 2. The molecule has 31 heavy (non-hydrogen) atoms. The molecule has 0 aliphatic rings. The van der Waals surface area contributed by atoms with Crippen molar-refractivity contribution in [3.63, 3.8) is 0 Å². The summed E-state index contributed by atoms with van der Waals surface area (Å²) in [7, 11) is 2.01. The first-order valence-corrected chi connectivity index (χ1v) is 10.4. The van der Waals surface area contributed by atoms with Crippen LogP contribution in [0.5, 0.6) is 5.75 Å². The van der Waals surface area contributed by atoms with E-state index in [9.17, 15) is 9.59 Å². The minimum atomic E-state index is -0.234. The maximum Gasteiger partial charge on any atom is 0.305 e. The van der Waals surface area contributed by atoms with E-state index in [1.807, 2.05) is 38.4 Å². The van der Waals surface area contributed by atoms with E-state index >= 15 is 0 Å². The van der Waals surface area contributed by atoms with Gasteiger partial charge in [-0.3, -0.25) is 9.59 Å². The average molecular weight is 421 g/mol. The highest BCUT2D eigenvalue weighted by molar-refractivity contribution is 6.04. The summed E-state index contributed by atoms with van der Waals surface area (Å²) >= 11 is 0. The number of nitrogens with one attached hydrogen (secondary N) is 1. The van der Waals surface area contributed by atoms with Crippen molar-refractivity contribution < 1.29 is 19.1 Å². The number of rotatable bonds is 9. The lowest BCUT2D eigenvalue weighted by molar-refractivity contribution is -0.143. The quantitative estimate of drug-likeness (QED) is 0.302. The van der Waals surface area contributed by atoms with Gasteiger partial charge in [0.2, 0.25) is 5.91 Å². The number of hydrogen-bond donors (Lipinski definition) is 1. The number of nitrogens with zero attached hydrogens (tertiary/aromatic N) is 1. The summed E-state index contributed by atoms with van der Waals surface area (Å²) in [5, 5.41) is 4.02. The van der Waals surface area contributed by atoms with E-state index in [1.165, 1.54) is 0 Å². The number of aryl methyl sites for hydroxylation is 1. The fraction of sp³-hybridized carbons (Fsp3) is 0.280. The van der Waals surface area contributed by atoms with Crippen LogP contribution in [-0.2, 0) is 21.4 Å². The molecule has 3 aromatic rings. The Kier molecular flexibility index (Phi) is 7.49. The number of ether oxygens (including phenoxy) is 2. The lowest BCUT2D eigenvalue weighted by atomic mass is 10.1. The number of hydrogen-bond acceptors (Lipinski definition) is 4. The molecular weight excluding hydrogens is 392 g/mol. The molecule has 6 heteroatoms. The van der Waals surface area contributed by atoms with Crippen LogP contribution in [0.25, 0.3) is 16.5 Å². The molecule has 1 amide bonds. The van der Waals surface area contributed by atoms with Crippen molar-refractivity contribution in [2.24, 2.45) is 7.05 Å². The zero-order valence-corrected chi connectivity index (χ0v) is 18.2. The summed E-state index contributed by atoms with van der Waals surface area (Å²) < 4.78 is 12.7. The van der Waals surface area contributed by atoms with Crippen LogP contribution in [0.2, 0.25) is 0 Å². The lowest BCUT2D eigenvalue weighted by Crippen LogP contribution is -2.11. The molecule has 0 spiro atoms. The molecule has 1 aromatic heterocycles. The van der Waals surface area contributed by atoms with Gasteiger partial charge in [-0.2, -0.15) is 0 Å². The van der Waals surface area contributed by atoms with Gasteiger partial charge >= 0.3 is 5.97 Å². The minimum absolute atomic E-state index is 0.228. The van der Waals surface area contributed by atoms with Crippen LogP contribution < -0.4 is 10.1 Å². The Hall–Kier alpha value is -3.54. The second-order valence-corrected chi connectivity index (χ2v) is 7.27. The smallest absolute Gasteiger partial charge is 0.305 e. The Labute approximate surface area is 182 Å². The minimum Gasteiger partial charge on any atom is -0.491 e. The number of allylic oxidation sites excluding steroid dienone is 1. The Morgan fingerprint density at radius 3 is 2.74 bits per heavy atom. The molecular formula is C25H28N2O4. The van der Waals surface area contributed by atoms with Crippen molar-refractivity contribution in [2.45, 2.75) is 26.7 Å². The number of benzene rings is 2. The van der Waals surface area contributed by atoms with E-state index in [4.69, 9.17) is 9.47 Å². The highest BCUT2D eigenvalue weighted by atomic mass is 16.5. The molecule has 2 aromatic carbocycles. The van der Waals surface area contributed by atoms with Crippen LogP contribution >= 0.6 is 0 Å². The summed E-state index contributed by atoms with van der Waals surface area (Å²) in [6.45, 7) is 4.43. The molecule has 0 bridgehead atoms. The zero-order chi connectivity index (χ0) is 22.2. The maximum absolute atomic E-state index is 12.6. The van der Waals surface area contributed by atoms with E-state index in [1.54, 1.807) is 25.1 Å². The van der Waals surface area contributed by atoms with Gasteiger partial charge in [-0.1, -0.05) is 18.2 Å². The van der Waals surface area contributed by atoms with Crippen molar-refractivity contribution in [3.05, 3.63) is 66.4 Å². The number of amides is 1. The largest absolute Gasteiger partial charge is 0.491 e. The van der Waals surface area contributed by atoms with Crippen LogP contribution in [0, 0.1) is 0 Å². The summed E-state index contributed by atoms with van der Waals surface area (Å²) in [6, 6.07) is 15.5. The standard InChI is InChI=1S/C25H28N2O4/c1-4-30-25(29)10-7-15-31-23-9-6-5-8-21(23)26-24(28)16-18(2)19-11-12-22-20(17-19)13-14-27(22)3/h5-6,8-9,11-14,16-17H,4,7,10,15H2,1-3H3,(H,26,28)/b18-16+. The van der Waals surface area contributed by atoms with Gasteiger partial charge in [0, 0.05) is 36.6 Å². The van der Waals surface area contributed by atoms with Crippen LogP contribution in [0.3, 0.4) is 0 Å². The van der Waals surface area contributed by atoms with Crippen molar-refractivity contribution in [3.8, 4) is 5.75 Å². The maximum atomic E-state index is 12.6. The van der Waals surface area contributed by atoms with E-state index in [0.717, 1.165) is 22.0 Å². The molecule has 1 heterocycles. The monoisotopic (exact) mass is 420 g/mol. The van der Waals surface area contributed by atoms with E-state index in [2.05, 4.69) is 28.1 Å². The van der Waals surface area contributed by atoms with Gasteiger partial charge in [-0.25, -0.2) is 0 Å². The number of carbonyl (C=O) groups excluding carboxylic acids is 2. The van der Waals surface area contributed by atoms with E-state index in [0.29, 0.717) is 37.5 Å². The molecule has 0 saturated carbocycles. The number of aromatic nitrogens is 1. The average Bonchev–Trinajstić information content (AvgIpc) is 3.12. The molecule has 0 saturated heterocycles. The SMILES string of the molecule is CCOC(=O)CCCOc1ccccc1NC(=O)/C=C(\C)c1ccc2c(ccn2C)c1. The number of para-hydroxylation sites is 2. The van der Waals surface area contributed by atoms with Crippen LogP contribution in [0.1, 0.15) is 32.3 Å². The number of fused-ring (bicyclic) bond motifs is 1. The van der Waals surface area contributed by atoms with Crippen molar-refractivity contribution in [1.82, 2.24) is 4.57 Å². The Bertz CT molecular complexity index is 1100. The van der Waals surface area contributed by atoms with E-state index < -0.39 is 0 Å². The highest BCUT2D eigenvalue weighted by Crippen LogP contribution is 2.25. The second-order valence-electron chi connectivity index (χ2n) is 7.27. The van der Waals surface area contributed by atoms with E-state index in [-0.39, 0.29) is 11.9 Å². The topological polar surface area (TPSA) is 69.6 Å². The summed E-state index contributed by atoms with van der Waals surface area (Å²) in [6.07, 6.45) is 4.45. The molecule has 0 atom stereocenters. The Morgan fingerprint density at radius 2 is 1.94 bits per heavy atom. The predicted molar refractivity (Wildman–Crippen MR) is 123 cm³/mol. The fourth-order valence-corrected chi connectivity index (χ4v) is 3.30. The van der Waals surface area contributed by atoms with Gasteiger partial charge in [-0.05, 0) is 61.7 Å². The van der Waals surface area contributed by atoms with Gasteiger partial charge < -0.3 is 19.4 Å². The molecule has 0 radical (unpaired) electrons. The zero-order valence-electron chi connectivity index (χ0n) is 18.2. The summed E-state index contributed by atoms with van der Waals surface area (Å²) in [4.78, 5) is 24.0. The lowest BCUT2D eigenvalue weighted by Gasteiger charge is -2.12. The first kappa shape index (κ1) is 22.2. The third kappa shape index (κ3) is 5.98. The van der Waals surface area contributed by atoms with Gasteiger partial charge in [-0.15, -0.1) is 0 Å². The van der Waals surface area contributed by atoms with Gasteiger partial charge in [0.25, 0.3) is 0 Å².